The van der Waals surface area contributed by atoms with Crippen molar-refractivity contribution in [2.75, 3.05) is 13.2 Å². The number of rotatable bonds is 4. The Kier molecular flexibility index (Phi) is 3.74. The van der Waals surface area contributed by atoms with E-state index >= 15 is 0 Å². The largest absolute Gasteiger partial charge is 0.394 e. The summed E-state index contributed by atoms with van der Waals surface area (Å²) in [4.78, 5) is 1.01. The van der Waals surface area contributed by atoms with Crippen molar-refractivity contribution in [1.82, 2.24) is 0 Å². The van der Waals surface area contributed by atoms with Crippen LogP contribution in [-0.4, -0.2) is 18.3 Å². The summed E-state index contributed by atoms with van der Waals surface area (Å²) in [5.74, 6) is 0. The second-order valence-corrected chi connectivity index (χ2v) is 3.19. The fraction of sp³-hybridized carbons (Fsp3) is 0.375. The molecule has 0 bridgehead atoms. The Balaban J connectivity index is 2.38. The van der Waals surface area contributed by atoms with Crippen LogP contribution in [0.15, 0.2) is 11.4 Å². The Morgan fingerprint density at radius 1 is 1.67 bits per heavy atom. The van der Waals surface area contributed by atoms with Crippen molar-refractivity contribution in [3.8, 4) is 6.07 Å². The Morgan fingerprint density at radius 3 is 3.08 bits per heavy atom. The first-order chi connectivity index (χ1) is 5.86. The van der Waals surface area contributed by atoms with Crippen molar-refractivity contribution in [1.29, 1.82) is 5.26 Å². The molecule has 1 aromatic rings. The Morgan fingerprint density at radius 2 is 2.50 bits per heavy atom. The van der Waals surface area contributed by atoms with Crippen LogP contribution in [0.5, 0.6) is 0 Å². The molecule has 0 unspecified atom stereocenters. The maximum absolute atomic E-state index is 8.50. The topological polar surface area (TPSA) is 53.2 Å². The summed E-state index contributed by atoms with van der Waals surface area (Å²) >= 11 is 1.50. The highest BCUT2D eigenvalue weighted by atomic mass is 32.1. The van der Waals surface area contributed by atoms with E-state index in [1.54, 1.807) is 11.4 Å². The van der Waals surface area contributed by atoms with E-state index in [4.69, 9.17) is 15.1 Å². The van der Waals surface area contributed by atoms with Crippen LogP contribution in [0.4, 0.5) is 0 Å². The molecule has 3 nitrogen and oxygen atoms in total. The van der Waals surface area contributed by atoms with Gasteiger partial charge in [-0.25, -0.2) is 0 Å². The Bertz CT molecular complexity index is 277. The molecule has 0 saturated carbocycles. The number of thiophene rings is 1. The van der Waals surface area contributed by atoms with Gasteiger partial charge < -0.3 is 9.84 Å². The van der Waals surface area contributed by atoms with Crippen molar-refractivity contribution < 1.29 is 9.84 Å². The van der Waals surface area contributed by atoms with Crippen LogP contribution in [0.25, 0.3) is 0 Å². The molecule has 1 rings (SSSR count). The van der Waals surface area contributed by atoms with Gasteiger partial charge in [0.15, 0.2) is 0 Å². The number of nitrogens with zero attached hydrogens (tertiary/aromatic N) is 1. The zero-order valence-corrected chi connectivity index (χ0v) is 7.30. The summed E-state index contributed by atoms with van der Waals surface area (Å²) in [6.07, 6.45) is 0. The van der Waals surface area contributed by atoms with Gasteiger partial charge in [-0.1, -0.05) is 0 Å². The zero-order valence-electron chi connectivity index (χ0n) is 6.49. The lowest BCUT2D eigenvalue weighted by atomic mass is 10.3. The zero-order chi connectivity index (χ0) is 8.81. The van der Waals surface area contributed by atoms with Gasteiger partial charge in [-0.15, -0.1) is 11.3 Å². The van der Waals surface area contributed by atoms with Crippen LogP contribution in [-0.2, 0) is 11.3 Å². The second kappa shape index (κ2) is 4.88. The van der Waals surface area contributed by atoms with Gasteiger partial charge in [-0.2, -0.15) is 5.26 Å². The van der Waals surface area contributed by atoms with Crippen molar-refractivity contribution in [2.24, 2.45) is 0 Å². The van der Waals surface area contributed by atoms with Crippen LogP contribution in [0.1, 0.15) is 10.4 Å². The highest BCUT2D eigenvalue weighted by Gasteiger charge is 1.97. The number of aliphatic hydroxyl groups excluding tert-OH is 1. The van der Waals surface area contributed by atoms with Gasteiger partial charge in [0.25, 0.3) is 0 Å². The van der Waals surface area contributed by atoms with E-state index in [1.165, 1.54) is 11.3 Å². The number of hydrogen-bond acceptors (Lipinski definition) is 4. The minimum absolute atomic E-state index is 0.0382. The average molecular weight is 183 g/mol. The molecule has 0 saturated heterocycles. The van der Waals surface area contributed by atoms with Gasteiger partial charge in [0, 0.05) is 10.3 Å². The first kappa shape index (κ1) is 9.20. The fourth-order valence-corrected chi connectivity index (χ4v) is 1.50. The molecule has 1 aromatic heterocycles. The minimum Gasteiger partial charge on any atom is -0.394 e. The van der Waals surface area contributed by atoms with Crippen LogP contribution in [0.3, 0.4) is 0 Å². The maximum Gasteiger partial charge on any atom is 0.100 e. The molecule has 12 heavy (non-hydrogen) atoms. The fourth-order valence-electron chi connectivity index (χ4n) is 0.752. The molecule has 0 aliphatic rings. The molecule has 0 aliphatic heterocycles. The molecule has 0 fully saturated rings. The lowest BCUT2D eigenvalue weighted by molar-refractivity contribution is 0.0830. The number of aliphatic hydroxyl groups is 1. The molecule has 0 atom stereocenters. The maximum atomic E-state index is 8.50. The standard InChI is InChI=1S/C8H9NO2S/c9-4-7-3-8(12-6-7)5-11-2-1-10/h3,6,10H,1-2,5H2. The quantitative estimate of drug-likeness (QED) is 0.712. The molecule has 4 heteroatoms. The first-order valence-corrected chi connectivity index (χ1v) is 4.41. The van der Waals surface area contributed by atoms with Gasteiger partial charge in [0.05, 0.1) is 25.4 Å². The number of ether oxygens (including phenoxy) is 1. The number of hydrogen-bond donors (Lipinski definition) is 1. The van der Waals surface area contributed by atoms with E-state index in [0.717, 1.165) is 4.88 Å². The lowest BCUT2D eigenvalue weighted by Crippen LogP contribution is -1.97. The monoisotopic (exact) mass is 183 g/mol. The van der Waals surface area contributed by atoms with Crippen LogP contribution >= 0.6 is 11.3 Å². The van der Waals surface area contributed by atoms with Gasteiger partial charge in [-0.05, 0) is 6.07 Å². The number of nitriles is 1. The summed E-state index contributed by atoms with van der Waals surface area (Å²) in [5, 5.41) is 18.7. The third-order valence-electron chi connectivity index (χ3n) is 1.26. The Hall–Kier alpha value is -0.890. The molecular formula is C8H9NO2S. The third kappa shape index (κ3) is 2.62. The third-order valence-corrected chi connectivity index (χ3v) is 2.17. The molecule has 0 spiro atoms. The average Bonchev–Trinajstić information content (AvgIpc) is 2.53. The van der Waals surface area contributed by atoms with Crippen LogP contribution in [0.2, 0.25) is 0 Å². The summed E-state index contributed by atoms with van der Waals surface area (Å²) in [6.45, 7) is 0.864. The highest BCUT2D eigenvalue weighted by molar-refractivity contribution is 7.10. The molecule has 0 radical (unpaired) electrons. The molecule has 0 amide bonds. The molecule has 1 heterocycles. The van der Waals surface area contributed by atoms with Crippen LogP contribution < -0.4 is 0 Å². The second-order valence-electron chi connectivity index (χ2n) is 2.19. The van der Waals surface area contributed by atoms with Gasteiger partial charge in [-0.3, -0.25) is 0 Å². The van der Waals surface area contributed by atoms with Crippen molar-refractivity contribution in [2.45, 2.75) is 6.61 Å². The molecule has 0 aliphatic carbocycles. The predicted molar refractivity (Wildman–Crippen MR) is 45.8 cm³/mol. The van der Waals surface area contributed by atoms with E-state index in [-0.39, 0.29) is 6.61 Å². The van der Waals surface area contributed by atoms with E-state index in [1.807, 2.05) is 6.07 Å². The lowest BCUT2D eigenvalue weighted by Gasteiger charge is -1.97. The van der Waals surface area contributed by atoms with Crippen LogP contribution in [0, 0.1) is 11.3 Å². The smallest absolute Gasteiger partial charge is 0.100 e. The van der Waals surface area contributed by atoms with Crippen molar-refractivity contribution in [3.63, 3.8) is 0 Å². The van der Waals surface area contributed by atoms with E-state index < -0.39 is 0 Å². The summed E-state index contributed by atoms with van der Waals surface area (Å²) < 4.78 is 5.08. The van der Waals surface area contributed by atoms with E-state index in [9.17, 15) is 0 Å². The predicted octanol–water partition coefficient (Wildman–Crippen LogP) is 1.13. The van der Waals surface area contributed by atoms with E-state index in [2.05, 4.69) is 0 Å². The van der Waals surface area contributed by atoms with E-state index in [0.29, 0.717) is 18.8 Å². The Labute approximate surface area is 74.8 Å². The summed E-state index contributed by atoms with van der Waals surface area (Å²) in [6, 6.07) is 3.84. The normalized spacial score (nSPS) is 9.67. The molecule has 64 valence electrons. The SMILES string of the molecule is N#Cc1csc(COCCO)c1. The van der Waals surface area contributed by atoms with Crippen molar-refractivity contribution >= 4 is 11.3 Å². The van der Waals surface area contributed by atoms with Gasteiger partial charge >= 0.3 is 0 Å². The summed E-state index contributed by atoms with van der Waals surface area (Å²) in [5.41, 5.74) is 0.669. The molecule has 0 aromatic carbocycles. The van der Waals surface area contributed by atoms with Gasteiger partial charge in [0.1, 0.15) is 6.07 Å². The molecular weight excluding hydrogens is 174 g/mol. The highest BCUT2D eigenvalue weighted by Crippen LogP contribution is 2.14. The minimum atomic E-state index is 0.0382. The summed E-state index contributed by atoms with van der Waals surface area (Å²) in [7, 11) is 0. The van der Waals surface area contributed by atoms with Crippen molar-refractivity contribution in [3.05, 3.63) is 21.9 Å². The molecule has 1 N–H and O–H groups in total. The first-order valence-electron chi connectivity index (χ1n) is 3.53. The van der Waals surface area contributed by atoms with Gasteiger partial charge in [0.2, 0.25) is 0 Å².